The summed E-state index contributed by atoms with van der Waals surface area (Å²) in [7, 11) is 0. The molecule has 0 aliphatic carbocycles. The Bertz CT molecular complexity index is 688. The smallest absolute Gasteiger partial charge is 0.224 e. The molecule has 0 bridgehead atoms. The Morgan fingerprint density at radius 3 is 2.26 bits per heavy atom. The van der Waals surface area contributed by atoms with Crippen LogP contribution in [0, 0.1) is 20.8 Å². The molecule has 4 nitrogen and oxygen atoms in total. The van der Waals surface area contributed by atoms with Crippen LogP contribution in [0.1, 0.15) is 55.7 Å². The number of nitrogens with zero attached hydrogens (tertiary/aromatic N) is 1. The van der Waals surface area contributed by atoms with E-state index < -0.39 is 0 Å². The fourth-order valence-corrected chi connectivity index (χ4v) is 2.48. The van der Waals surface area contributed by atoms with Crippen LogP contribution in [0.4, 0.5) is 5.69 Å². The number of nitrogens with one attached hydrogen (secondary N) is 1. The Labute approximate surface area is 138 Å². The second-order valence-electron chi connectivity index (χ2n) is 7.20. The summed E-state index contributed by atoms with van der Waals surface area (Å²) in [4.78, 5) is 16.6. The Morgan fingerprint density at radius 2 is 1.74 bits per heavy atom. The van der Waals surface area contributed by atoms with Gasteiger partial charge in [-0.25, -0.2) is 4.98 Å². The first-order valence-corrected chi connectivity index (χ1v) is 8.00. The van der Waals surface area contributed by atoms with Gasteiger partial charge in [0.2, 0.25) is 5.91 Å². The van der Waals surface area contributed by atoms with E-state index in [1.807, 2.05) is 32.9 Å². The first-order chi connectivity index (χ1) is 10.6. The molecule has 2 rings (SSSR count). The van der Waals surface area contributed by atoms with Gasteiger partial charge in [0.25, 0.3) is 0 Å². The zero-order chi connectivity index (χ0) is 17.2. The van der Waals surface area contributed by atoms with Crippen LogP contribution in [0.15, 0.2) is 22.6 Å². The average molecular weight is 314 g/mol. The molecule has 0 radical (unpaired) electrons. The minimum Gasteiger partial charge on any atom is -0.445 e. The van der Waals surface area contributed by atoms with Gasteiger partial charge >= 0.3 is 0 Å². The minimum atomic E-state index is -0.121. The maximum absolute atomic E-state index is 12.2. The summed E-state index contributed by atoms with van der Waals surface area (Å²) in [6, 6.07) is 6.03. The number of aromatic nitrogens is 1. The van der Waals surface area contributed by atoms with Gasteiger partial charge in [-0.05, 0) is 44.0 Å². The van der Waals surface area contributed by atoms with Crippen molar-refractivity contribution in [3.05, 3.63) is 46.7 Å². The van der Waals surface area contributed by atoms with Gasteiger partial charge in [-0.3, -0.25) is 4.79 Å². The molecule has 0 saturated heterocycles. The second-order valence-corrected chi connectivity index (χ2v) is 7.20. The van der Waals surface area contributed by atoms with Crippen molar-refractivity contribution in [2.45, 2.75) is 59.8 Å². The largest absolute Gasteiger partial charge is 0.445 e. The summed E-state index contributed by atoms with van der Waals surface area (Å²) in [6.07, 6.45) is 0.943. The Morgan fingerprint density at radius 1 is 1.13 bits per heavy atom. The standard InChI is InChI=1S/C19H26N2O2/c1-12-9-13(2)11-15(10-12)21-17(22)8-7-16-14(3)20-18(23-16)19(4,5)6/h9-11H,7-8H2,1-6H3,(H,21,22). The predicted octanol–water partition coefficient (Wildman–Crippen LogP) is 4.47. The first kappa shape index (κ1) is 17.3. The summed E-state index contributed by atoms with van der Waals surface area (Å²) in [6.45, 7) is 12.2. The lowest BCUT2D eigenvalue weighted by Gasteiger charge is -2.12. The third kappa shape index (κ3) is 4.68. The first-order valence-electron chi connectivity index (χ1n) is 8.00. The van der Waals surface area contributed by atoms with Crippen molar-refractivity contribution in [1.82, 2.24) is 4.98 Å². The third-order valence-electron chi connectivity index (χ3n) is 3.62. The lowest BCUT2D eigenvalue weighted by molar-refractivity contribution is -0.116. The number of carbonyl (C=O) groups is 1. The molecule has 1 aromatic heterocycles. The minimum absolute atomic E-state index is 0.0110. The number of amides is 1. The number of hydrogen-bond donors (Lipinski definition) is 1. The maximum atomic E-state index is 12.2. The van der Waals surface area contributed by atoms with Gasteiger partial charge in [0.05, 0.1) is 5.69 Å². The van der Waals surface area contributed by atoms with Gasteiger partial charge in [0.15, 0.2) is 5.89 Å². The van der Waals surface area contributed by atoms with Gasteiger partial charge in [-0.1, -0.05) is 26.8 Å². The molecule has 1 aromatic carbocycles. The van der Waals surface area contributed by atoms with Crippen LogP contribution in [-0.4, -0.2) is 10.9 Å². The molecule has 0 aliphatic heterocycles. The summed E-state index contributed by atoms with van der Waals surface area (Å²) >= 11 is 0. The highest BCUT2D eigenvalue weighted by Gasteiger charge is 2.22. The van der Waals surface area contributed by atoms with Crippen LogP contribution >= 0.6 is 0 Å². The quantitative estimate of drug-likeness (QED) is 0.906. The van der Waals surface area contributed by atoms with Crippen LogP contribution in [0.2, 0.25) is 0 Å². The summed E-state index contributed by atoms with van der Waals surface area (Å²) in [5.74, 6) is 1.51. The van der Waals surface area contributed by atoms with Gasteiger partial charge in [-0.2, -0.15) is 0 Å². The summed E-state index contributed by atoms with van der Waals surface area (Å²) in [5, 5.41) is 2.95. The molecular weight excluding hydrogens is 288 g/mol. The monoisotopic (exact) mass is 314 g/mol. The lowest BCUT2D eigenvalue weighted by Crippen LogP contribution is -2.12. The van der Waals surface area contributed by atoms with Crippen LogP contribution in [0.25, 0.3) is 0 Å². The number of carbonyl (C=O) groups excluding carboxylic acids is 1. The predicted molar refractivity (Wildman–Crippen MR) is 92.8 cm³/mol. The highest BCUT2D eigenvalue weighted by molar-refractivity contribution is 5.91. The summed E-state index contributed by atoms with van der Waals surface area (Å²) < 4.78 is 5.83. The van der Waals surface area contributed by atoms with Crippen molar-refractivity contribution in [3.8, 4) is 0 Å². The Hall–Kier alpha value is -2.10. The van der Waals surface area contributed by atoms with E-state index in [9.17, 15) is 4.79 Å². The molecular formula is C19H26N2O2. The van der Waals surface area contributed by atoms with Gasteiger partial charge in [0.1, 0.15) is 5.76 Å². The highest BCUT2D eigenvalue weighted by atomic mass is 16.4. The van der Waals surface area contributed by atoms with E-state index in [2.05, 4.69) is 37.1 Å². The molecule has 0 saturated carbocycles. The highest BCUT2D eigenvalue weighted by Crippen LogP contribution is 2.24. The fraction of sp³-hybridized carbons (Fsp3) is 0.474. The van der Waals surface area contributed by atoms with E-state index in [-0.39, 0.29) is 11.3 Å². The van der Waals surface area contributed by atoms with Crippen molar-refractivity contribution in [1.29, 1.82) is 0 Å². The van der Waals surface area contributed by atoms with Crippen molar-refractivity contribution in [2.24, 2.45) is 0 Å². The molecule has 1 amide bonds. The van der Waals surface area contributed by atoms with Crippen LogP contribution in [-0.2, 0) is 16.6 Å². The third-order valence-corrected chi connectivity index (χ3v) is 3.62. The van der Waals surface area contributed by atoms with Crippen molar-refractivity contribution >= 4 is 11.6 Å². The van der Waals surface area contributed by atoms with Crippen molar-refractivity contribution in [3.63, 3.8) is 0 Å². The summed E-state index contributed by atoms with van der Waals surface area (Å²) in [5.41, 5.74) is 3.87. The second kappa shape index (κ2) is 6.57. The normalized spacial score (nSPS) is 11.6. The van der Waals surface area contributed by atoms with Crippen molar-refractivity contribution < 1.29 is 9.21 Å². The zero-order valence-electron chi connectivity index (χ0n) is 14.9. The number of hydrogen-bond acceptors (Lipinski definition) is 3. The lowest BCUT2D eigenvalue weighted by atomic mass is 9.97. The SMILES string of the molecule is Cc1cc(C)cc(NC(=O)CCc2oc(C(C)(C)C)nc2C)c1. The van der Waals surface area contributed by atoms with Crippen LogP contribution < -0.4 is 5.32 Å². The molecule has 4 heteroatoms. The Kier molecular flexibility index (Phi) is 4.93. The molecule has 124 valence electrons. The number of anilines is 1. The number of aryl methyl sites for hydroxylation is 4. The number of benzene rings is 1. The van der Waals surface area contributed by atoms with Crippen LogP contribution in [0.3, 0.4) is 0 Å². The molecule has 0 spiro atoms. The molecule has 0 atom stereocenters. The van der Waals surface area contributed by atoms with E-state index in [4.69, 9.17) is 4.42 Å². The molecule has 1 N–H and O–H groups in total. The molecule has 0 fully saturated rings. The molecule has 0 aliphatic rings. The van der Waals surface area contributed by atoms with Gasteiger partial charge < -0.3 is 9.73 Å². The van der Waals surface area contributed by atoms with E-state index in [0.29, 0.717) is 12.8 Å². The molecule has 23 heavy (non-hydrogen) atoms. The number of oxazole rings is 1. The van der Waals surface area contributed by atoms with E-state index >= 15 is 0 Å². The molecule has 1 heterocycles. The molecule has 2 aromatic rings. The van der Waals surface area contributed by atoms with E-state index in [1.54, 1.807) is 0 Å². The Balaban J connectivity index is 1.98. The molecule has 0 unspecified atom stereocenters. The van der Waals surface area contributed by atoms with Gasteiger partial charge in [-0.15, -0.1) is 0 Å². The van der Waals surface area contributed by atoms with E-state index in [1.165, 1.54) is 0 Å². The number of rotatable bonds is 4. The fourth-order valence-electron chi connectivity index (χ4n) is 2.48. The topological polar surface area (TPSA) is 55.1 Å². The van der Waals surface area contributed by atoms with Gasteiger partial charge in [0, 0.05) is 23.9 Å². The van der Waals surface area contributed by atoms with Crippen LogP contribution in [0.5, 0.6) is 0 Å². The van der Waals surface area contributed by atoms with Crippen molar-refractivity contribution in [2.75, 3.05) is 5.32 Å². The average Bonchev–Trinajstić information content (AvgIpc) is 2.76. The maximum Gasteiger partial charge on any atom is 0.224 e. The zero-order valence-corrected chi connectivity index (χ0v) is 14.9. The van der Waals surface area contributed by atoms with E-state index in [0.717, 1.165) is 34.2 Å².